The molecule has 0 saturated carbocycles. The van der Waals surface area contributed by atoms with Crippen LogP contribution in [-0.4, -0.2) is 0 Å². The molecule has 0 heteroatoms. The molecule has 0 heterocycles. The lowest BCUT2D eigenvalue weighted by molar-refractivity contribution is 0.867. The molecule has 0 radical (unpaired) electrons. The van der Waals surface area contributed by atoms with E-state index in [1.165, 1.54) is 16.7 Å². The molecule has 3 aromatic rings. The molecule has 3 aromatic carbocycles. The number of aryl methyl sites for hydroxylation is 2. The second-order valence-electron chi connectivity index (χ2n) is 6.45. The molecule has 0 N–H and O–H groups in total. The van der Waals surface area contributed by atoms with Crippen LogP contribution in [0.4, 0.5) is 0 Å². The van der Waals surface area contributed by atoms with Crippen LogP contribution in [0.15, 0.2) is 91.0 Å². The third-order valence-electron chi connectivity index (χ3n) is 3.35. The summed E-state index contributed by atoms with van der Waals surface area (Å²) in [7, 11) is 0. The average Bonchev–Trinajstić information content (AvgIpc) is 2.72. The van der Waals surface area contributed by atoms with Crippen molar-refractivity contribution in [1.29, 1.82) is 0 Å². The van der Waals surface area contributed by atoms with Crippen molar-refractivity contribution in [3.8, 4) is 24.7 Å². The van der Waals surface area contributed by atoms with E-state index in [2.05, 4.69) is 101 Å². The van der Waals surface area contributed by atoms with Gasteiger partial charge in [-0.15, -0.1) is 24.7 Å². The third-order valence-corrected chi connectivity index (χ3v) is 3.35. The van der Waals surface area contributed by atoms with E-state index in [0.29, 0.717) is 5.92 Å². The van der Waals surface area contributed by atoms with E-state index in [1.807, 2.05) is 42.5 Å². The van der Waals surface area contributed by atoms with Gasteiger partial charge in [0.1, 0.15) is 0 Å². The van der Waals surface area contributed by atoms with Gasteiger partial charge in [-0.05, 0) is 39.2 Å². The Morgan fingerprint density at radius 2 is 0.793 bits per heavy atom. The van der Waals surface area contributed by atoms with Crippen LogP contribution in [0.3, 0.4) is 0 Å². The Balaban J connectivity index is 0. The fourth-order valence-corrected chi connectivity index (χ4v) is 1.91. The minimum Gasteiger partial charge on any atom is -0.120 e. The molecule has 29 heavy (non-hydrogen) atoms. The number of benzene rings is 3. The molecule has 3 rings (SSSR count). The SMILES string of the molecule is C#CC.C#CC.CC(C)c1ccccc1.Cc1ccccc1.Cc1ccccc1. The minimum absolute atomic E-state index is 0.659. The van der Waals surface area contributed by atoms with Crippen LogP contribution in [0.25, 0.3) is 0 Å². The molecule has 0 aliphatic carbocycles. The lowest BCUT2D eigenvalue weighted by Crippen LogP contribution is -1.83. The molecular formula is C29H36. The predicted molar refractivity (Wildman–Crippen MR) is 132 cm³/mol. The fraction of sp³-hybridized carbons (Fsp3) is 0.241. The molecule has 0 aliphatic rings. The summed E-state index contributed by atoms with van der Waals surface area (Å²) in [6, 6.07) is 31.0. The van der Waals surface area contributed by atoms with Crippen LogP contribution in [-0.2, 0) is 0 Å². The van der Waals surface area contributed by atoms with Gasteiger partial charge in [0.05, 0.1) is 0 Å². The zero-order valence-corrected chi connectivity index (χ0v) is 18.9. The monoisotopic (exact) mass is 384 g/mol. The van der Waals surface area contributed by atoms with E-state index < -0.39 is 0 Å². The van der Waals surface area contributed by atoms with Crippen LogP contribution in [0.1, 0.15) is 50.3 Å². The quantitative estimate of drug-likeness (QED) is 0.372. The van der Waals surface area contributed by atoms with Crippen molar-refractivity contribution < 1.29 is 0 Å². The van der Waals surface area contributed by atoms with Crippen molar-refractivity contribution in [2.75, 3.05) is 0 Å². The maximum absolute atomic E-state index is 4.60. The van der Waals surface area contributed by atoms with E-state index in [4.69, 9.17) is 0 Å². The number of rotatable bonds is 1. The van der Waals surface area contributed by atoms with Crippen LogP contribution in [0.2, 0.25) is 0 Å². The van der Waals surface area contributed by atoms with E-state index in [-0.39, 0.29) is 0 Å². The van der Waals surface area contributed by atoms with Gasteiger partial charge in [-0.1, -0.05) is 116 Å². The number of hydrogen-bond donors (Lipinski definition) is 0. The molecule has 0 aliphatic heterocycles. The third kappa shape index (κ3) is 20.9. The molecule has 0 bridgehead atoms. The Hall–Kier alpha value is -3.22. The van der Waals surface area contributed by atoms with Gasteiger partial charge in [0, 0.05) is 0 Å². The summed E-state index contributed by atoms with van der Waals surface area (Å²) >= 11 is 0. The Labute approximate surface area is 180 Å². The van der Waals surface area contributed by atoms with Crippen molar-refractivity contribution in [2.45, 2.75) is 47.5 Å². The Kier molecular flexibility index (Phi) is 20.4. The summed E-state index contributed by atoms with van der Waals surface area (Å²) in [4.78, 5) is 0. The van der Waals surface area contributed by atoms with Gasteiger partial charge in [0.15, 0.2) is 0 Å². The molecular weight excluding hydrogens is 348 g/mol. The maximum Gasteiger partial charge on any atom is -0.00297 e. The van der Waals surface area contributed by atoms with Crippen LogP contribution in [0.5, 0.6) is 0 Å². The summed E-state index contributed by atoms with van der Waals surface area (Å²) in [6.07, 6.45) is 9.19. The van der Waals surface area contributed by atoms with Gasteiger partial charge < -0.3 is 0 Å². The summed E-state index contributed by atoms with van der Waals surface area (Å²) < 4.78 is 0. The standard InChI is InChI=1S/C9H12.2C7H8.2C3H4/c1-8(2)9-6-4-3-5-7-9;2*1-7-5-3-2-4-6-7;2*1-3-2/h3-8H,1-2H3;2*2-6H,1H3;2*1H,2H3. The molecule has 0 fully saturated rings. The first kappa shape index (κ1) is 28.0. The van der Waals surface area contributed by atoms with Crippen molar-refractivity contribution in [1.82, 2.24) is 0 Å². The summed E-state index contributed by atoms with van der Waals surface area (Å²) in [5.41, 5.74) is 4.06. The normalized spacial score (nSPS) is 7.90. The highest BCUT2D eigenvalue weighted by Gasteiger charge is 1.93. The molecule has 0 atom stereocenters. The lowest BCUT2D eigenvalue weighted by Gasteiger charge is -2.01. The Morgan fingerprint density at radius 3 is 0.931 bits per heavy atom. The number of hydrogen-bond acceptors (Lipinski definition) is 0. The van der Waals surface area contributed by atoms with Crippen LogP contribution < -0.4 is 0 Å². The van der Waals surface area contributed by atoms with Gasteiger partial charge in [-0.25, -0.2) is 0 Å². The van der Waals surface area contributed by atoms with Crippen molar-refractivity contribution in [3.63, 3.8) is 0 Å². The summed E-state index contributed by atoms with van der Waals surface area (Å²) in [5, 5.41) is 0. The molecule has 0 nitrogen and oxygen atoms in total. The van der Waals surface area contributed by atoms with Gasteiger partial charge in [-0.3, -0.25) is 0 Å². The molecule has 0 amide bonds. The van der Waals surface area contributed by atoms with Crippen molar-refractivity contribution in [2.24, 2.45) is 0 Å². The van der Waals surface area contributed by atoms with E-state index in [1.54, 1.807) is 13.8 Å². The van der Waals surface area contributed by atoms with E-state index >= 15 is 0 Å². The molecule has 0 unspecified atom stereocenters. The maximum atomic E-state index is 4.60. The zero-order valence-electron chi connectivity index (χ0n) is 18.9. The molecule has 0 saturated heterocycles. The van der Waals surface area contributed by atoms with E-state index in [0.717, 1.165) is 0 Å². The first-order valence-corrected chi connectivity index (χ1v) is 9.75. The topological polar surface area (TPSA) is 0 Å². The Bertz CT molecular complexity index is 721. The van der Waals surface area contributed by atoms with Crippen molar-refractivity contribution in [3.05, 3.63) is 108 Å². The van der Waals surface area contributed by atoms with Gasteiger partial charge in [-0.2, -0.15) is 0 Å². The fourth-order valence-electron chi connectivity index (χ4n) is 1.91. The zero-order chi connectivity index (χ0) is 22.3. The summed E-state index contributed by atoms with van der Waals surface area (Å²) in [6.45, 7) is 11.9. The second-order valence-corrected chi connectivity index (χ2v) is 6.45. The summed E-state index contributed by atoms with van der Waals surface area (Å²) in [5.74, 6) is 5.16. The van der Waals surface area contributed by atoms with Gasteiger partial charge >= 0.3 is 0 Å². The highest BCUT2D eigenvalue weighted by atomic mass is 14.0. The highest BCUT2D eigenvalue weighted by Crippen LogP contribution is 2.11. The highest BCUT2D eigenvalue weighted by molar-refractivity contribution is 5.17. The second kappa shape index (κ2) is 21.1. The molecule has 152 valence electrons. The first-order chi connectivity index (χ1) is 13.9. The predicted octanol–water partition coefficient (Wildman–Crippen LogP) is 8.08. The molecule has 0 spiro atoms. The number of terminal acetylenes is 2. The van der Waals surface area contributed by atoms with Crippen molar-refractivity contribution >= 4 is 0 Å². The Morgan fingerprint density at radius 1 is 0.552 bits per heavy atom. The minimum atomic E-state index is 0.659. The van der Waals surface area contributed by atoms with Crippen LogP contribution in [0, 0.1) is 38.5 Å². The lowest BCUT2D eigenvalue weighted by atomic mass is 10.0. The van der Waals surface area contributed by atoms with E-state index in [9.17, 15) is 0 Å². The first-order valence-electron chi connectivity index (χ1n) is 9.75. The van der Waals surface area contributed by atoms with Gasteiger partial charge in [0.25, 0.3) is 0 Å². The smallest absolute Gasteiger partial charge is 0.00297 e. The molecule has 0 aromatic heterocycles. The largest absolute Gasteiger partial charge is 0.120 e. The van der Waals surface area contributed by atoms with Crippen LogP contribution >= 0.6 is 0 Å². The average molecular weight is 385 g/mol. The van der Waals surface area contributed by atoms with Gasteiger partial charge in [0.2, 0.25) is 0 Å².